The van der Waals surface area contributed by atoms with Gasteiger partial charge in [0, 0.05) is 13.0 Å². The van der Waals surface area contributed by atoms with Crippen molar-refractivity contribution in [2.75, 3.05) is 11.9 Å². The second kappa shape index (κ2) is 4.75. The molecule has 2 aromatic heterocycles. The van der Waals surface area contributed by atoms with E-state index < -0.39 is 5.56 Å². The summed E-state index contributed by atoms with van der Waals surface area (Å²) in [6, 6.07) is 0. The maximum absolute atomic E-state index is 11.1. The lowest BCUT2D eigenvalue weighted by molar-refractivity contribution is 0.380. The smallest absolute Gasteiger partial charge is 0.285 e. The van der Waals surface area contributed by atoms with Crippen LogP contribution in [-0.4, -0.2) is 26.9 Å². The van der Waals surface area contributed by atoms with Crippen molar-refractivity contribution in [1.82, 2.24) is 20.3 Å². The highest BCUT2D eigenvalue weighted by Crippen LogP contribution is 2.13. The summed E-state index contributed by atoms with van der Waals surface area (Å²) < 4.78 is 4.81. The quantitative estimate of drug-likeness (QED) is 0.807. The molecule has 7 nitrogen and oxygen atoms in total. The van der Waals surface area contributed by atoms with Gasteiger partial charge in [-0.15, -0.1) is 0 Å². The van der Waals surface area contributed by atoms with Crippen molar-refractivity contribution in [3.63, 3.8) is 0 Å². The Bertz CT molecular complexity index is 509. The van der Waals surface area contributed by atoms with Crippen LogP contribution in [0.3, 0.4) is 0 Å². The predicted octanol–water partition coefficient (Wildman–Crippen LogP) is 0.461. The summed E-state index contributed by atoms with van der Waals surface area (Å²) in [6.07, 6.45) is 3.32. The number of H-pyrrole nitrogens is 1. The molecule has 0 amide bonds. The van der Waals surface area contributed by atoms with Crippen molar-refractivity contribution in [3.8, 4) is 0 Å². The molecule has 0 saturated heterocycles. The molecule has 0 radical (unpaired) electrons. The minimum atomic E-state index is -0.426. The average molecular weight is 242 g/mol. The lowest BCUT2D eigenvalue weighted by atomic mass is 10.4. The van der Waals surface area contributed by atoms with E-state index in [-0.39, 0.29) is 5.02 Å². The molecule has 0 fully saturated rings. The number of hydrogen-bond donors (Lipinski definition) is 2. The van der Waals surface area contributed by atoms with Crippen LogP contribution in [0.1, 0.15) is 5.89 Å². The number of nitrogens with zero attached hydrogens (tertiary/aromatic N) is 3. The molecule has 0 aliphatic carbocycles. The van der Waals surface area contributed by atoms with Crippen LogP contribution in [0.15, 0.2) is 21.8 Å². The Morgan fingerprint density at radius 2 is 2.44 bits per heavy atom. The van der Waals surface area contributed by atoms with Crippen molar-refractivity contribution in [1.29, 1.82) is 0 Å². The molecule has 16 heavy (non-hydrogen) atoms. The minimum Gasteiger partial charge on any atom is -0.382 e. The van der Waals surface area contributed by atoms with Crippen LogP contribution in [0.25, 0.3) is 0 Å². The summed E-state index contributed by atoms with van der Waals surface area (Å²) in [5, 5.41) is 12.4. The average Bonchev–Trinajstić information content (AvgIpc) is 2.77. The van der Waals surface area contributed by atoms with Crippen molar-refractivity contribution in [2.45, 2.75) is 6.42 Å². The number of rotatable bonds is 4. The van der Waals surface area contributed by atoms with Crippen LogP contribution >= 0.6 is 11.6 Å². The number of halogens is 1. The second-order valence-corrected chi connectivity index (χ2v) is 3.32. The molecular weight excluding hydrogens is 234 g/mol. The number of nitrogens with one attached hydrogen (secondary N) is 2. The molecular formula is C8H8ClN5O2. The van der Waals surface area contributed by atoms with Crippen LogP contribution in [-0.2, 0) is 6.42 Å². The zero-order chi connectivity index (χ0) is 11.4. The van der Waals surface area contributed by atoms with Gasteiger partial charge in [-0.05, 0) is 0 Å². The van der Waals surface area contributed by atoms with Gasteiger partial charge in [0.1, 0.15) is 5.02 Å². The summed E-state index contributed by atoms with van der Waals surface area (Å²) in [7, 11) is 0. The summed E-state index contributed by atoms with van der Waals surface area (Å²) in [5.41, 5.74) is 0.0504. The molecule has 84 valence electrons. The number of aromatic nitrogens is 4. The molecule has 0 unspecified atom stereocenters. The SMILES string of the molecule is O=c1[nH]ncc(NCCc2ncno2)c1Cl. The van der Waals surface area contributed by atoms with E-state index in [0.717, 1.165) is 0 Å². The highest BCUT2D eigenvalue weighted by atomic mass is 35.5. The lowest BCUT2D eigenvalue weighted by Crippen LogP contribution is -2.13. The van der Waals surface area contributed by atoms with Gasteiger partial charge < -0.3 is 9.84 Å². The van der Waals surface area contributed by atoms with Gasteiger partial charge in [-0.25, -0.2) is 5.10 Å². The first-order valence-electron chi connectivity index (χ1n) is 4.50. The van der Waals surface area contributed by atoms with Gasteiger partial charge in [0.2, 0.25) is 5.89 Å². The fourth-order valence-corrected chi connectivity index (χ4v) is 1.27. The third-order valence-corrected chi connectivity index (χ3v) is 2.23. The van der Waals surface area contributed by atoms with E-state index in [4.69, 9.17) is 16.1 Å². The Labute approximate surface area is 94.8 Å². The monoisotopic (exact) mass is 241 g/mol. The van der Waals surface area contributed by atoms with Crippen LogP contribution in [0, 0.1) is 0 Å². The minimum absolute atomic E-state index is 0.0838. The van der Waals surface area contributed by atoms with Crippen LogP contribution in [0.4, 0.5) is 5.69 Å². The zero-order valence-electron chi connectivity index (χ0n) is 8.11. The summed E-state index contributed by atoms with van der Waals surface area (Å²) in [6.45, 7) is 0.521. The van der Waals surface area contributed by atoms with E-state index in [0.29, 0.717) is 24.5 Å². The largest absolute Gasteiger partial charge is 0.382 e. The molecule has 0 aliphatic heterocycles. The lowest BCUT2D eigenvalue weighted by Gasteiger charge is -2.04. The summed E-state index contributed by atoms with van der Waals surface area (Å²) >= 11 is 5.76. The molecule has 0 bridgehead atoms. The number of aromatic amines is 1. The summed E-state index contributed by atoms with van der Waals surface area (Å²) in [4.78, 5) is 15.0. The van der Waals surface area contributed by atoms with Gasteiger partial charge in [0.25, 0.3) is 5.56 Å². The molecule has 0 saturated carbocycles. The van der Waals surface area contributed by atoms with Crippen LogP contribution < -0.4 is 10.9 Å². The summed E-state index contributed by atoms with van der Waals surface area (Å²) in [5.74, 6) is 0.515. The molecule has 2 rings (SSSR count). The molecule has 0 atom stereocenters. The topological polar surface area (TPSA) is 96.7 Å². The molecule has 8 heteroatoms. The fraction of sp³-hybridized carbons (Fsp3) is 0.250. The van der Waals surface area contributed by atoms with E-state index in [2.05, 4.69) is 25.7 Å². The van der Waals surface area contributed by atoms with E-state index >= 15 is 0 Å². The highest BCUT2D eigenvalue weighted by Gasteiger charge is 2.04. The standard InChI is InChI=1S/C8H8ClN5O2/c9-7-5(3-12-14-8(7)15)10-2-1-6-11-4-13-16-6/h3-4H,1-2H2,(H2,10,14,15). The van der Waals surface area contributed by atoms with Gasteiger partial charge in [0.05, 0.1) is 11.9 Å². The molecule has 0 spiro atoms. The Morgan fingerprint density at radius 1 is 1.56 bits per heavy atom. The predicted molar refractivity (Wildman–Crippen MR) is 56.4 cm³/mol. The fourth-order valence-electron chi connectivity index (χ4n) is 1.12. The van der Waals surface area contributed by atoms with E-state index in [9.17, 15) is 4.79 Å². The Kier molecular flexibility index (Phi) is 3.16. The van der Waals surface area contributed by atoms with E-state index in [1.54, 1.807) is 0 Å². The molecule has 2 heterocycles. The van der Waals surface area contributed by atoms with Crippen LogP contribution in [0.2, 0.25) is 5.02 Å². The van der Waals surface area contributed by atoms with Gasteiger partial charge in [-0.1, -0.05) is 16.8 Å². The maximum Gasteiger partial charge on any atom is 0.285 e. The zero-order valence-corrected chi connectivity index (χ0v) is 8.86. The number of anilines is 1. The van der Waals surface area contributed by atoms with E-state index in [1.807, 2.05) is 0 Å². The third-order valence-electron chi connectivity index (χ3n) is 1.86. The van der Waals surface area contributed by atoms with Gasteiger partial charge >= 0.3 is 0 Å². The van der Waals surface area contributed by atoms with Crippen molar-refractivity contribution in [3.05, 3.63) is 33.8 Å². The van der Waals surface area contributed by atoms with Crippen molar-refractivity contribution >= 4 is 17.3 Å². The van der Waals surface area contributed by atoms with Crippen LogP contribution in [0.5, 0.6) is 0 Å². The second-order valence-electron chi connectivity index (χ2n) is 2.94. The van der Waals surface area contributed by atoms with E-state index in [1.165, 1.54) is 12.5 Å². The first-order chi connectivity index (χ1) is 7.77. The molecule has 2 aromatic rings. The molecule has 0 aromatic carbocycles. The third kappa shape index (κ3) is 2.37. The Morgan fingerprint density at radius 3 is 3.19 bits per heavy atom. The first kappa shape index (κ1) is 10.6. The highest BCUT2D eigenvalue weighted by molar-refractivity contribution is 6.32. The maximum atomic E-state index is 11.1. The van der Waals surface area contributed by atoms with Gasteiger partial charge in [-0.3, -0.25) is 4.79 Å². The van der Waals surface area contributed by atoms with Crippen molar-refractivity contribution in [2.24, 2.45) is 0 Å². The Balaban J connectivity index is 1.95. The van der Waals surface area contributed by atoms with Gasteiger partial charge in [0.15, 0.2) is 6.33 Å². The molecule has 2 N–H and O–H groups in total. The molecule has 0 aliphatic rings. The normalized spacial score (nSPS) is 10.3. The number of hydrogen-bond acceptors (Lipinski definition) is 6. The van der Waals surface area contributed by atoms with Gasteiger partial charge in [-0.2, -0.15) is 10.1 Å². The first-order valence-corrected chi connectivity index (χ1v) is 4.88. The Hall–Kier alpha value is -1.89. The van der Waals surface area contributed by atoms with Crippen molar-refractivity contribution < 1.29 is 4.52 Å².